The van der Waals surface area contributed by atoms with E-state index in [1.807, 2.05) is 48.5 Å². The quantitative estimate of drug-likeness (QED) is 0.0951. The van der Waals surface area contributed by atoms with Gasteiger partial charge in [-0.05, 0) is 79.7 Å². The van der Waals surface area contributed by atoms with Crippen molar-refractivity contribution < 1.29 is 33.4 Å². The Kier molecular flexibility index (Phi) is 17.1. The zero-order valence-electron chi connectivity index (χ0n) is 35.1. The highest BCUT2D eigenvalue weighted by Crippen LogP contribution is 2.48. The Morgan fingerprint density at radius 2 is 1.36 bits per heavy atom. The van der Waals surface area contributed by atoms with Crippen molar-refractivity contribution in [1.82, 2.24) is 25.6 Å². The molecule has 4 rings (SSSR count). The third kappa shape index (κ3) is 14.1. The van der Waals surface area contributed by atoms with E-state index in [1.165, 1.54) is 0 Å². The summed E-state index contributed by atoms with van der Waals surface area (Å²) in [6.45, 7) is 10.9. The van der Waals surface area contributed by atoms with Gasteiger partial charge in [-0.2, -0.15) is 0 Å². The van der Waals surface area contributed by atoms with Crippen LogP contribution in [0.25, 0.3) is 0 Å². The van der Waals surface area contributed by atoms with Gasteiger partial charge < -0.3 is 30.6 Å². The minimum atomic E-state index is -1.29. The second-order valence-corrected chi connectivity index (χ2v) is 17.5. The lowest BCUT2D eigenvalue weighted by Gasteiger charge is -2.42. The number of halogens is 1. The van der Waals surface area contributed by atoms with Crippen LogP contribution in [0.2, 0.25) is 5.02 Å². The van der Waals surface area contributed by atoms with Crippen molar-refractivity contribution in [2.24, 2.45) is 11.7 Å². The lowest BCUT2D eigenvalue weighted by Crippen LogP contribution is -2.54. The molecule has 2 amide bonds. The van der Waals surface area contributed by atoms with E-state index in [9.17, 15) is 19.2 Å². The molecule has 0 spiro atoms. The first-order valence-electron chi connectivity index (χ1n) is 20.6. The van der Waals surface area contributed by atoms with E-state index < -0.39 is 52.8 Å². The number of urea groups is 1. The van der Waals surface area contributed by atoms with Gasteiger partial charge >= 0.3 is 23.9 Å². The zero-order valence-corrected chi connectivity index (χ0v) is 35.8. The van der Waals surface area contributed by atoms with Crippen LogP contribution < -0.4 is 16.4 Å². The third-order valence-electron chi connectivity index (χ3n) is 9.99. The minimum absolute atomic E-state index is 0.0301. The number of carbonyl (C=O) groups is 4. The van der Waals surface area contributed by atoms with Crippen LogP contribution in [0, 0.1) is 5.92 Å². The standard InChI is InChI=1S/C44H63ClN6O7/c1-42(2,3)56-38(52)26-18-25-36(39(53)57-43(4,5)6)47-41(55)48-37(27-28-51-30-33(29-46)49-50-51)40(54)58-44(32-21-14-11-15-22-32,34-23-16-17-24-35(34)45)31-19-12-9-7-8-10-13-20-31/h11,14-17,21-24,30-31,36-37H,7-10,12-13,18-20,25-29,46H2,1-6H3,(H2,47,48,55)/t36?,37-,44?/m0/s1. The highest BCUT2D eigenvalue weighted by molar-refractivity contribution is 6.31. The van der Waals surface area contributed by atoms with E-state index in [4.69, 9.17) is 31.5 Å². The molecule has 1 aliphatic carbocycles. The second kappa shape index (κ2) is 21.5. The number of benzene rings is 2. The number of aryl methyl sites for hydroxylation is 1. The summed E-state index contributed by atoms with van der Waals surface area (Å²) in [6, 6.07) is 14.0. The summed E-state index contributed by atoms with van der Waals surface area (Å²) in [6.07, 6.45) is 10.1. The Balaban J connectivity index is 1.70. The number of amides is 2. The molecule has 0 radical (unpaired) electrons. The first kappa shape index (κ1) is 46.2. The maximum Gasteiger partial charge on any atom is 0.330 e. The van der Waals surface area contributed by atoms with Gasteiger partial charge in [0.2, 0.25) is 0 Å². The Hall–Kier alpha value is -4.49. The Bertz CT molecular complexity index is 1780. The number of nitrogens with one attached hydrogen (secondary N) is 2. The van der Waals surface area contributed by atoms with Crippen molar-refractivity contribution in [3.8, 4) is 0 Å². The van der Waals surface area contributed by atoms with Crippen molar-refractivity contribution in [1.29, 1.82) is 0 Å². The van der Waals surface area contributed by atoms with Crippen molar-refractivity contribution in [3.63, 3.8) is 0 Å². The molecule has 2 aromatic carbocycles. The van der Waals surface area contributed by atoms with Crippen LogP contribution in [0.4, 0.5) is 4.79 Å². The van der Waals surface area contributed by atoms with Crippen LogP contribution in [0.5, 0.6) is 0 Å². The van der Waals surface area contributed by atoms with Gasteiger partial charge in [0, 0.05) is 47.8 Å². The number of hydrogen-bond acceptors (Lipinski definition) is 10. The molecule has 1 aromatic heterocycles. The molecule has 1 heterocycles. The van der Waals surface area contributed by atoms with Crippen LogP contribution in [-0.2, 0) is 47.3 Å². The average Bonchev–Trinajstić information content (AvgIpc) is 3.67. The third-order valence-corrected chi connectivity index (χ3v) is 10.3. The predicted molar refractivity (Wildman–Crippen MR) is 223 cm³/mol. The smallest absolute Gasteiger partial charge is 0.330 e. The van der Waals surface area contributed by atoms with Crippen LogP contribution in [0.1, 0.15) is 135 Å². The topological polar surface area (TPSA) is 177 Å². The molecule has 1 aliphatic rings. The molecule has 3 aromatic rings. The van der Waals surface area contributed by atoms with E-state index in [-0.39, 0.29) is 44.7 Å². The van der Waals surface area contributed by atoms with Gasteiger partial charge in [0.25, 0.3) is 0 Å². The fourth-order valence-electron chi connectivity index (χ4n) is 7.40. The Labute approximate surface area is 348 Å². The summed E-state index contributed by atoms with van der Waals surface area (Å²) in [4.78, 5) is 54.8. The first-order chi connectivity index (χ1) is 27.5. The van der Waals surface area contributed by atoms with Crippen LogP contribution in [0.3, 0.4) is 0 Å². The highest BCUT2D eigenvalue weighted by atomic mass is 35.5. The second-order valence-electron chi connectivity index (χ2n) is 17.1. The largest absolute Gasteiger partial charge is 0.460 e. The molecule has 58 heavy (non-hydrogen) atoms. The SMILES string of the molecule is CC(C)(C)OC(=O)CCCC(NC(=O)N[C@@H](CCn1cc(CN)nn1)C(=O)OC(c1ccccc1)(c1ccccc1Cl)C1CCCCCCCC1)C(=O)OC(C)(C)C. The van der Waals surface area contributed by atoms with Crippen molar-refractivity contribution >= 4 is 35.5 Å². The molecule has 3 atom stereocenters. The molecule has 0 bridgehead atoms. The van der Waals surface area contributed by atoms with E-state index in [0.717, 1.165) is 56.9 Å². The van der Waals surface area contributed by atoms with E-state index >= 15 is 0 Å². The van der Waals surface area contributed by atoms with Gasteiger partial charge in [-0.3, -0.25) is 9.48 Å². The van der Waals surface area contributed by atoms with Crippen molar-refractivity contribution in [3.05, 3.63) is 82.6 Å². The first-order valence-corrected chi connectivity index (χ1v) is 21.0. The molecule has 1 fully saturated rings. The molecule has 14 heteroatoms. The monoisotopic (exact) mass is 822 g/mol. The van der Waals surface area contributed by atoms with E-state index in [2.05, 4.69) is 20.9 Å². The van der Waals surface area contributed by atoms with Gasteiger partial charge in [-0.15, -0.1) is 5.10 Å². The van der Waals surface area contributed by atoms with Gasteiger partial charge in [-0.1, -0.05) is 104 Å². The number of carbonyl (C=O) groups excluding carboxylic acids is 4. The van der Waals surface area contributed by atoms with E-state index in [1.54, 1.807) is 58.5 Å². The predicted octanol–water partition coefficient (Wildman–Crippen LogP) is 7.91. The number of nitrogens with zero attached hydrogens (tertiary/aromatic N) is 3. The molecule has 0 aliphatic heterocycles. The molecule has 2 unspecified atom stereocenters. The van der Waals surface area contributed by atoms with Crippen LogP contribution in [0.15, 0.2) is 60.8 Å². The van der Waals surface area contributed by atoms with E-state index in [0.29, 0.717) is 16.3 Å². The van der Waals surface area contributed by atoms with Crippen molar-refractivity contribution in [2.75, 3.05) is 0 Å². The molecule has 1 saturated carbocycles. The lowest BCUT2D eigenvalue weighted by atomic mass is 9.71. The number of aromatic nitrogens is 3. The molecule has 0 saturated heterocycles. The normalized spacial score (nSPS) is 16.3. The molecule has 318 valence electrons. The van der Waals surface area contributed by atoms with Crippen molar-refractivity contribution in [2.45, 2.75) is 161 Å². The maximum atomic E-state index is 15.0. The fraction of sp³-hybridized carbons (Fsp3) is 0.591. The summed E-state index contributed by atoms with van der Waals surface area (Å²) >= 11 is 7.04. The Morgan fingerprint density at radius 3 is 1.95 bits per heavy atom. The number of esters is 3. The number of hydrogen-bond donors (Lipinski definition) is 3. The van der Waals surface area contributed by atoms with Gasteiger partial charge in [-0.25, -0.2) is 14.4 Å². The number of ether oxygens (including phenoxy) is 3. The summed E-state index contributed by atoms with van der Waals surface area (Å²) in [5.41, 5.74) is 5.00. The molecular formula is C44H63ClN6O7. The van der Waals surface area contributed by atoms with Gasteiger partial charge in [0.15, 0.2) is 5.60 Å². The molecule has 13 nitrogen and oxygen atoms in total. The van der Waals surface area contributed by atoms with Gasteiger partial charge in [0.05, 0.1) is 5.69 Å². The summed E-state index contributed by atoms with van der Waals surface area (Å²) in [5, 5.41) is 14.2. The zero-order chi connectivity index (χ0) is 42.3. The fourth-order valence-corrected chi connectivity index (χ4v) is 7.68. The summed E-state index contributed by atoms with van der Waals surface area (Å²) in [5.74, 6) is -1.91. The number of rotatable bonds is 16. The highest BCUT2D eigenvalue weighted by Gasteiger charge is 2.48. The van der Waals surface area contributed by atoms with Crippen LogP contribution in [-0.4, -0.2) is 62.2 Å². The minimum Gasteiger partial charge on any atom is -0.460 e. The van der Waals surface area contributed by atoms with Gasteiger partial charge in [0.1, 0.15) is 23.3 Å². The number of nitrogens with two attached hydrogens (primary N) is 1. The molecular weight excluding hydrogens is 760 g/mol. The Morgan fingerprint density at radius 1 is 0.793 bits per heavy atom. The van der Waals surface area contributed by atoms with Crippen LogP contribution >= 0.6 is 11.6 Å². The lowest BCUT2D eigenvalue weighted by molar-refractivity contribution is -0.166. The summed E-state index contributed by atoms with van der Waals surface area (Å²) < 4.78 is 19.6. The maximum absolute atomic E-state index is 15.0. The molecule has 4 N–H and O–H groups in total. The average molecular weight is 823 g/mol. The summed E-state index contributed by atoms with van der Waals surface area (Å²) in [7, 11) is 0.